The molecule has 5 heteroatoms. The van der Waals surface area contributed by atoms with Gasteiger partial charge in [0.05, 0.1) is 11.6 Å². The average Bonchev–Trinajstić information content (AvgIpc) is 3.10. The van der Waals surface area contributed by atoms with E-state index in [9.17, 15) is 5.11 Å². The van der Waals surface area contributed by atoms with Crippen molar-refractivity contribution in [3.63, 3.8) is 0 Å². The van der Waals surface area contributed by atoms with Crippen LogP contribution in [0.1, 0.15) is 5.56 Å². The number of hydrogen-bond donors (Lipinski definition) is 3. The van der Waals surface area contributed by atoms with Crippen molar-refractivity contribution in [2.75, 3.05) is 12.4 Å². The molecule has 4 aromatic rings. The Morgan fingerprint density at radius 1 is 1.08 bits per heavy atom. The lowest BCUT2D eigenvalue weighted by molar-refractivity contribution is -0.0847. The summed E-state index contributed by atoms with van der Waals surface area (Å²) >= 11 is 0. The number of anilines is 1. The largest absolute Gasteiger partial charge is 0.366 e. The molecule has 3 N–H and O–H groups in total. The van der Waals surface area contributed by atoms with Crippen molar-refractivity contribution >= 4 is 27.6 Å². The lowest BCUT2D eigenvalue weighted by Crippen LogP contribution is -2.37. The van der Waals surface area contributed by atoms with Gasteiger partial charge in [0, 0.05) is 29.6 Å². The number of hydrogen-bond acceptors (Lipinski definition) is 4. The molecule has 2 atom stereocenters. The molecule has 2 aromatic carbocycles. The molecule has 0 fully saturated rings. The number of para-hydroxylation sites is 2. The first-order valence-corrected chi connectivity index (χ1v) is 8.63. The summed E-state index contributed by atoms with van der Waals surface area (Å²) in [7, 11) is 1.50. The topological polar surface area (TPSA) is 70.2 Å². The lowest BCUT2D eigenvalue weighted by atomic mass is 10.0. The van der Waals surface area contributed by atoms with E-state index in [-0.39, 0.29) is 6.04 Å². The van der Waals surface area contributed by atoms with Crippen LogP contribution in [0.25, 0.3) is 21.8 Å². The summed E-state index contributed by atoms with van der Waals surface area (Å²) in [4.78, 5) is 7.91. The van der Waals surface area contributed by atoms with Gasteiger partial charge in [-0.2, -0.15) is 0 Å². The number of aromatic nitrogens is 2. The average molecular weight is 347 g/mol. The fourth-order valence-corrected chi connectivity index (χ4v) is 3.26. The van der Waals surface area contributed by atoms with E-state index in [1.165, 1.54) is 7.11 Å². The SMILES string of the molecule is COC(O)[C@H](Cc1c[nH]c2ccccc12)Nc1ccc2ccccc2n1. The van der Waals surface area contributed by atoms with E-state index in [1.54, 1.807) is 0 Å². The first kappa shape index (κ1) is 16.6. The van der Waals surface area contributed by atoms with Crippen molar-refractivity contribution in [1.82, 2.24) is 9.97 Å². The van der Waals surface area contributed by atoms with E-state index in [4.69, 9.17) is 4.74 Å². The summed E-state index contributed by atoms with van der Waals surface area (Å²) in [5.74, 6) is 0.713. The molecule has 1 unspecified atom stereocenters. The number of methoxy groups -OCH3 is 1. The van der Waals surface area contributed by atoms with Crippen LogP contribution in [0.5, 0.6) is 0 Å². The molecule has 0 aliphatic rings. The van der Waals surface area contributed by atoms with Crippen molar-refractivity contribution in [3.8, 4) is 0 Å². The zero-order valence-electron chi connectivity index (χ0n) is 14.5. The van der Waals surface area contributed by atoms with Gasteiger partial charge in [0.1, 0.15) is 5.82 Å². The van der Waals surface area contributed by atoms with Gasteiger partial charge in [-0.05, 0) is 36.2 Å². The lowest BCUT2D eigenvalue weighted by Gasteiger charge is -2.23. The second-order valence-corrected chi connectivity index (χ2v) is 6.33. The highest BCUT2D eigenvalue weighted by atomic mass is 16.6. The highest BCUT2D eigenvalue weighted by Gasteiger charge is 2.21. The summed E-state index contributed by atoms with van der Waals surface area (Å²) < 4.78 is 5.19. The van der Waals surface area contributed by atoms with Gasteiger partial charge in [0.2, 0.25) is 0 Å². The number of pyridine rings is 1. The molecule has 4 rings (SSSR count). The number of H-pyrrole nitrogens is 1. The van der Waals surface area contributed by atoms with Crippen LogP contribution in [0.4, 0.5) is 5.82 Å². The first-order chi connectivity index (χ1) is 12.7. The van der Waals surface area contributed by atoms with Crippen LogP contribution in [0.15, 0.2) is 66.9 Å². The molecule has 0 aliphatic heterocycles. The van der Waals surface area contributed by atoms with E-state index in [0.29, 0.717) is 12.2 Å². The molecule has 0 saturated heterocycles. The van der Waals surface area contributed by atoms with E-state index >= 15 is 0 Å². The number of aliphatic hydroxyl groups is 1. The third kappa shape index (κ3) is 3.27. The Labute approximate surface area is 151 Å². The fourth-order valence-electron chi connectivity index (χ4n) is 3.26. The number of aromatic amines is 1. The molecule has 2 aromatic heterocycles. The number of benzene rings is 2. The van der Waals surface area contributed by atoms with Crippen LogP contribution in [0.3, 0.4) is 0 Å². The van der Waals surface area contributed by atoms with Crippen LogP contribution in [0.2, 0.25) is 0 Å². The molecule has 5 nitrogen and oxygen atoms in total. The molecule has 132 valence electrons. The second kappa shape index (κ2) is 7.15. The quantitative estimate of drug-likeness (QED) is 0.465. The van der Waals surface area contributed by atoms with Crippen molar-refractivity contribution in [3.05, 3.63) is 72.4 Å². The van der Waals surface area contributed by atoms with Crippen LogP contribution < -0.4 is 5.32 Å². The van der Waals surface area contributed by atoms with Crippen molar-refractivity contribution in [1.29, 1.82) is 0 Å². The van der Waals surface area contributed by atoms with Gasteiger partial charge in [-0.15, -0.1) is 0 Å². The van der Waals surface area contributed by atoms with Crippen LogP contribution in [0, 0.1) is 0 Å². The van der Waals surface area contributed by atoms with Crippen LogP contribution >= 0.6 is 0 Å². The Balaban J connectivity index is 1.62. The summed E-state index contributed by atoms with van der Waals surface area (Å²) in [5.41, 5.74) is 3.11. The Morgan fingerprint density at radius 2 is 1.88 bits per heavy atom. The molecule has 0 bridgehead atoms. The number of fused-ring (bicyclic) bond motifs is 2. The normalized spacial score (nSPS) is 13.8. The zero-order chi connectivity index (χ0) is 17.9. The molecule has 0 spiro atoms. The summed E-state index contributed by atoms with van der Waals surface area (Å²) in [6.45, 7) is 0. The van der Waals surface area contributed by atoms with Gasteiger partial charge >= 0.3 is 0 Å². The summed E-state index contributed by atoms with van der Waals surface area (Å²) in [6.07, 6.45) is 1.64. The van der Waals surface area contributed by atoms with Crippen molar-refractivity contribution < 1.29 is 9.84 Å². The van der Waals surface area contributed by atoms with Gasteiger partial charge in [0.25, 0.3) is 0 Å². The van der Waals surface area contributed by atoms with Gasteiger partial charge in [-0.1, -0.05) is 36.4 Å². The van der Waals surface area contributed by atoms with Gasteiger partial charge in [-0.3, -0.25) is 0 Å². The number of aliphatic hydroxyl groups excluding tert-OH is 1. The van der Waals surface area contributed by atoms with Crippen molar-refractivity contribution in [2.24, 2.45) is 0 Å². The zero-order valence-corrected chi connectivity index (χ0v) is 14.5. The Morgan fingerprint density at radius 3 is 2.77 bits per heavy atom. The molecular formula is C21H21N3O2. The predicted molar refractivity (Wildman–Crippen MR) is 104 cm³/mol. The van der Waals surface area contributed by atoms with E-state index in [2.05, 4.69) is 21.4 Å². The van der Waals surface area contributed by atoms with Crippen LogP contribution in [-0.2, 0) is 11.2 Å². The Bertz CT molecular complexity index is 1030. The number of rotatable bonds is 6. The highest BCUT2D eigenvalue weighted by molar-refractivity contribution is 5.83. The van der Waals surface area contributed by atoms with Gasteiger partial charge in [-0.25, -0.2) is 4.98 Å². The van der Waals surface area contributed by atoms with Gasteiger partial charge in [0.15, 0.2) is 6.29 Å². The minimum absolute atomic E-state index is 0.326. The smallest absolute Gasteiger partial charge is 0.174 e. The third-order valence-electron chi connectivity index (χ3n) is 4.63. The molecule has 26 heavy (non-hydrogen) atoms. The first-order valence-electron chi connectivity index (χ1n) is 8.63. The van der Waals surface area contributed by atoms with Gasteiger partial charge < -0.3 is 20.1 Å². The molecule has 0 aliphatic carbocycles. The summed E-state index contributed by atoms with van der Waals surface area (Å²) in [5, 5.41) is 15.9. The summed E-state index contributed by atoms with van der Waals surface area (Å²) in [6, 6.07) is 19.7. The maximum Gasteiger partial charge on any atom is 0.174 e. The molecule has 0 saturated carbocycles. The second-order valence-electron chi connectivity index (χ2n) is 6.33. The monoisotopic (exact) mass is 347 g/mol. The van der Waals surface area contributed by atoms with E-state index in [0.717, 1.165) is 27.4 Å². The standard InChI is InChI=1S/C21H21N3O2/c1-26-21(25)19(12-15-13-22-18-9-5-3-7-16(15)18)24-20-11-10-14-6-2-4-8-17(14)23-20/h2-11,13,19,21-22,25H,12H2,1H3,(H,23,24)/t19-,21?/m0/s1. The maximum atomic E-state index is 10.3. The third-order valence-corrected chi connectivity index (χ3v) is 4.63. The molecular weight excluding hydrogens is 326 g/mol. The van der Waals surface area contributed by atoms with Crippen molar-refractivity contribution in [2.45, 2.75) is 18.8 Å². The minimum Gasteiger partial charge on any atom is -0.366 e. The van der Waals surface area contributed by atoms with E-state index < -0.39 is 6.29 Å². The predicted octanol–water partition coefficient (Wildman–Crippen LogP) is 3.70. The van der Waals surface area contributed by atoms with Crippen LogP contribution in [-0.4, -0.2) is 34.5 Å². The molecule has 2 heterocycles. The van der Waals surface area contributed by atoms with E-state index in [1.807, 2.05) is 60.8 Å². The number of ether oxygens (including phenoxy) is 1. The number of nitrogens with one attached hydrogen (secondary N) is 2. The Kier molecular flexibility index (Phi) is 4.56. The molecule has 0 amide bonds. The highest BCUT2D eigenvalue weighted by Crippen LogP contribution is 2.22. The Hall–Kier alpha value is -2.89. The minimum atomic E-state index is -0.947. The maximum absolute atomic E-state index is 10.3. The number of nitrogens with zero attached hydrogens (tertiary/aromatic N) is 1. The molecule has 0 radical (unpaired) electrons. The fraction of sp³-hybridized carbons (Fsp3) is 0.190.